The summed E-state index contributed by atoms with van der Waals surface area (Å²) in [5.74, 6) is 0.709. The second-order valence-corrected chi connectivity index (χ2v) is 9.78. The van der Waals surface area contributed by atoms with Crippen molar-refractivity contribution >= 4 is 21.6 Å². The van der Waals surface area contributed by atoms with Gasteiger partial charge in [-0.2, -0.15) is 4.31 Å². The highest BCUT2D eigenvalue weighted by molar-refractivity contribution is 7.89. The summed E-state index contributed by atoms with van der Waals surface area (Å²) in [4.78, 5) is 2.60. The third kappa shape index (κ3) is 4.54. The highest BCUT2D eigenvalue weighted by Crippen LogP contribution is 2.27. The van der Waals surface area contributed by atoms with Crippen LogP contribution in [0.5, 0.6) is 0 Å². The van der Waals surface area contributed by atoms with Gasteiger partial charge in [-0.1, -0.05) is 18.5 Å². The first-order chi connectivity index (χ1) is 11.9. The van der Waals surface area contributed by atoms with Crippen LogP contribution in [0.4, 0.5) is 4.39 Å². The van der Waals surface area contributed by atoms with E-state index in [0.29, 0.717) is 19.0 Å². The Labute approximate surface area is 155 Å². The molecule has 140 valence electrons. The van der Waals surface area contributed by atoms with Gasteiger partial charge < -0.3 is 4.90 Å². The van der Waals surface area contributed by atoms with Crippen molar-refractivity contribution < 1.29 is 12.8 Å². The molecule has 0 amide bonds. The Hall–Kier alpha value is -0.690. The van der Waals surface area contributed by atoms with Crippen molar-refractivity contribution in [2.24, 2.45) is 11.8 Å². The minimum absolute atomic E-state index is 0.0715. The van der Waals surface area contributed by atoms with Crippen LogP contribution in [-0.4, -0.2) is 50.3 Å². The van der Waals surface area contributed by atoms with Crippen LogP contribution >= 0.6 is 11.6 Å². The fourth-order valence-corrected chi connectivity index (χ4v) is 5.68. The number of hydrogen-bond donors (Lipinski definition) is 0. The fourth-order valence-electron chi connectivity index (χ4n) is 3.94. The molecule has 1 aromatic rings. The third-order valence-electron chi connectivity index (χ3n) is 5.36. The molecule has 2 heterocycles. The highest BCUT2D eigenvalue weighted by Gasteiger charge is 2.31. The molecule has 1 unspecified atom stereocenters. The van der Waals surface area contributed by atoms with E-state index in [0.717, 1.165) is 44.5 Å². The molecule has 3 rings (SSSR count). The zero-order valence-corrected chi connectivity index (χ0v) is 16.2. The summed E-state index contributed by atoms with van der Waals surface area (Å²) in [6, 6.07) is 3.60. The Kier molecular flexibility index (Phi) is 6.03. The molecule has 2 saturated heterocycles. The van der Waals surface area contributed by atoms with Crippen LogP contribution in [0.3, 0.4) is 0 Å². The van der Waals surface area contributed by atoms with Crippen LogP contribution < -0.4 is 0 Å². The lowest BCUT2D eigenvalue weighted by Gasteiger charge is -2.37. The van der Waals surface area contributed by atoms with Crippen molar-refractivity contribution in [1.29, 1.82) is 0 Å². The lowest BCUT2D eigenvalue weighted by molar-refractivity contribution is 0.136. The Morgan fingerprint density at radius 1 is 1.20 bits per heavy atom. The molecule has 1 atom stereocenters. The molecule has 0 saturated carbocycles. The Balaban J connectivity index is 1.58. The van der Waals surface area contributed by atoms with Gasteiger partial charge in [-0.15, -0.1) is 0 Å². The van der Waals surface area contributed by atoms with E-state index in [9.17, 15) is 12.8 Å². The second kappa shape index (κ2) is 7.91. The van der Waals surface area contributed by atoms with E-state index in [1.165, 1.54) is 29.3 Å². The molecule has 0 aromatic heterocycles. The van der Waals surface area contributed by atoms with Gasteiger partial charge in [0.05, 0.1) is 9.92 Å². The summed E-state index contributed by atoms with van der Waals surface area (Å²) >= 11 is 5.74. The van der Waals surface area contributed by atoms with E-state index in [4.69, 9.17) is 11.6 Å². The minimum Gasteiger partial charge on any atom is -0.303 e. The zero-order chi connectivity index (χ0) is 18.0. The number of hydrogen-bond acceptors (Lipinski definition) is 3. The first-order valence-corrected chi connectivity index (χ1v) is 10.9. The molecule has 1 aromatic carbocycles. The van der Waals surface area contributed by atoms with Gasteiger partial charge in [-0.25, -0.2) is 12.8 Å². The van der Waals surface area contributed by atoms with Gasteiger partial charge in [-0.05, 0) is 62.3 Å². The molecular formula is C18H26ClFN2O2S. The largest absolute Gasteiger partial charge is 0.303 e. The van der Waals surface area contributed by atoms with Crippen molar-refractivity contribution in [1.82, 2.24) is 9.21 Å². The fraction of sp³-hybridized carbons (Fsp3) is 0.667. The summed E-state index contributed by atoms with van der Waals surface area (Å²) in [5, 5.41) is -0.157. The average Bonchev–Trinajstić information content (AvgIpc) is 2.58. The van der Waals surface area contributed by atoms with Crippen molar-refractivity contribution in [3.8, 4) is 0 Å². The Morgan fingerprint density at radius 2 is 1.92 bits per heavy atom. The van der Waals surface area contributed by atoms with Gasteiger partial charge in [0, 0.05) is 26.2 Å². The monoisotopic (exact) mass is 388 g/mol. The topological polar surface area (TPSA) is 40.6 Å². The van der Waals surface area contributed by atoms with E-state index in [-0.39, 0.29) is 9.92 Å². The number of sulfonamides is 1. The maximum Gasteiger partial charge on any atom is 0.243 e. The molecule has 4 nitrogen and oxygen atoms in total. The number of benzene rings is 1. The maximum absolute atomic E-state index is 13.3. The molecule has 0 aliphatic carbocycles. The number of halogens is 2. The van der Waals surface area contributed by atoms with E-state index in [2.05, 4.69) is 11.8 Å². The predicted octanol–water partition coefficient (Wildman–Crippen LogP) is 3.61. The van der Waals surface area contributed by atoms with Gasteiger partial charge in [0.1, 0.15) is 5.82 Å². The summed E-state index contributed by atoms with van der Waals surface area (Å²) < 4.78 is 40.2. The normalized spacial score (nSPS) is 24.5. The molecule has 25 heavy (non-hydrogen) atoms. The molecule has 2 aliphatic rings. The predicted molar refractivity (Wildman–Crippen MR) is 97.7 cm³/mol. The van der Waals surface area contributed by atoms with Crippen LogP contribution in [0.2, 0.25) is 5.02 Å². The lowest BCUT2D eigenvalue weighted by Crippen LogP contribution is -2.43. The molecular weight excluding hydrogens is 363 g/mol. The SMILES string of the molecule is CC1CCCN(CC2CCN(S(=O)(=O)c3ccc(F)c(Cl)c3)CC2)C1. The van der Waals surface area contributed by atoms with Gasteiger partial charge in [-0.3, -0.25) is 0 Å². The molecule has 0 N–H and O–H groups in total. The lowest BCUT2D eigenvalue weighted by atomic mass is 9.94. The van der Waals surface area contributed by atoms with Gasteiger partial charge in [0.2, 0.25) is 10.0 Å². The van der Waals surface area contributed by atoms with Crippen molar-refractivity contribution in [3.63, 3.8) is 0 Å². The molecule has 0 radical (unpaired) electrons. The maximum atomic E-state index is 13.3. The van der Waals surface area contributed by atoms with E-state index in [1.807, 2.05) is 0 Å². The third-order valence-corrected chi connectivity index (χ3v) is 7.54. The summed E-state index contributed by atoms with van der Waals surface area (Å²) in [5.41, 5.74) is 0. The molecule has 7 heteroatoms. The zero-order valence-electron chi connectivity index (χ0n) is 14.6. The quantitative estimate of drug-likeness (QED) is 0.791. The van der Waals surface area contributed by atoms with Crippen LogP contribution in [0.25, 0.3) is 0 Å². The second-order valence-electron chi connectivity index (χ2n) is 7.43. The first-order valence-electron chi connectivity index (χ1n) is 9.04. The number of nitrogens with zero attached hydrogens (tertiary/aromatic N) is 2. The van der Waals surface area contributed by atoms with Crippen LogP contribution in [0.15, 0.2) is 23.1 Å². The summed E-state index contributed by atoms with van der Waals surface area (Å²) in [7, 11) is -3.60. The number of likely N-dealkylation sites (tertiary alicyclic amines) is 1. The number of piperidine rings is 2. The molecule has 0 bridgehead atoms. The average molecular weight is 389 g/mol. The smallest absolute Gasteiger partial charge is 0.243 e. The van der Waals surface area contributed by atoms with Crippen LogP contribution in [0, 0.1) is 17.7 Å². The van der Waals surface area contributed by atoms with Crippen molar-refractivity contribution in [2.75, 3.05) is 32.7 Å². The van der Waals surface area contributed by atoms with E-state index < -0.39 is 15.8 Å². The van der Waals surface area contributed by atoms with Gasteiger partial charge in [0.25, 0.3) is 0 Å². The molecule has 2 fully saturated rings. The molecule has 2 aliphatic heterocycles. The van der Waals surface area contributed by atoms with Gasteiger partial charge in [0.15, 0.2) is 0 Å². The van der Waals surface area contributed by atoms with Crippen LogP contribution in [0.1, 0.15) is 32.6 Å². The first kappa shape index (κ1) is 19.1. The highest BCUT2D eigenvalue weighted by atomic mass is 35.5. The summed E-state index contributed by atoms with van der Waals surface area (Å²) in [6.07, 6.45) is 4.32. The van der Waals surface area contributed by atoms with Crippen LogP contribution in [-0.2, 0) is 10.0 Å². The number of rotatable bonds is 4. The van der Waals surface area contributed by atoms with E-state index >= 15 is 0 Å². The van der Waals surface area contributed by atoms with Gasteiger partial charge >= 0.3 is 0 Å². The summed E-state index contributed by atoms with van der Waals surface area (Å²) in [6.45, 7) is 6.73. The van der Waals surface area contributed by atoms with E-state index in [1.54, 1.807) is 0 Å². The standard InChI is InChI=1S/C18H26ClFN2O2S/c1-14-3-2-8-21(12-14)13-15-6-9-22(10-7-15)25(23,24)16-4-5-18(20)17(19)11-16/h4-5,11,14-15H,2-3,6-10,12-13H2,1H3. The minimum atomic E-state index is -3.60. The van der Waals surface area contributed by atoms with Crippen molar-refractivity contribution in [3.05, 3.63) is 29.0 Å². The Bertz CT molecular complexity index is 705. The molecule has 0 spiro atoms. The Morgan fingerprint density at radius 3 is 2.56 bits per heavy atom. The van der Waals surface area contributed by atoms with Crippen molar-refractivity contribution in [2.45, 2.75) is 37.5 Å².